The van der Waals surface area contributed by atoms with Gasteiger partial charge >= 0.3 is 10.8 Å². The zero-order valence-corrected chi connectivity index (χ0v) is 14.8. The number of carbonyl (C=O) groups is 3. The number of hydrogen-bond donors (Lipinski definition) is 1. The van der Waals surface area contributed by atoms with Crippen LogP contribution in [0.4, 0.5) is 0 Å². The first-order chi connectivity index (χ1) is 11.4. The van der Waals surface area contributed by atoms with Gasteiger partial charge in [-0.2, -0.15) is 0 Å². The largest absolute Gasteiger partial charge is 0.456 e. The molecule has 0 aromatic carbocycles. The normalized spacial score (nSPS) is 10.4. The Morgan fingerprint density at radius 3 is 2.67 bits per heavy atom. The molecule has 2 heterocycles. The van der Waals surface area contributed by atoms with Crippen molar-refractivity contribution in [2.45, 2.75) is 26.9 Å². The van der Waals surface area contributed by atoms with Gasteiger partial charge in [-0.25, -0.2) is 0 Å². The van der Waals surface area contributed by atoms with E-state index in [2.05, 4.69) is 5.32 Å². The van der Waals surface area contributed by atoms with Crippen LogP contribution in [-0.4, -0.2) is 28.8 Å². The maximum Gasteiger partial charge on any atom is 0.326 e. The number of aromatic nitrogens is 1. The molecule has 128 valence electrons. The number of aryl methyl sites for hydroxylation is 1. The van der Waals surface area contributed by atoms with E-state index in [9.17, 15) is 19.2 Å². The summed E-state index contributed by atoms with van der Waals surface area (Å²) in [4.78, 5) is 47.2. The Labute approximate surface area is 145 Å². The highest BCUT2D eigenvalue weighted by molar-refractivity contribution is 7.14. The van der Waals surface area contributed by atoms with Crippen LogP contribution in [0.5, 0.6) is 0 Å². The predicted octanol–water partition coefficient (Wildman–Crippen LogP) is 1.34. The molecule has 1 N–H and O–H groups in total. The van der Waals surface area contributed by atoms with Crippen LogP contribution in [0, 0.1) is 6.92 Å². The molecule has 0 bridgehead atoms. The van der Waals surface area contributed by atoms with Crippen molar-refractivity contribution >= 4 is 40.3 Å². The molecule has 0 aliphatic carbocycles. The number of ketones is 1. The van der Waals surface area contributed by atoms with Crippen LogP contribution in [0.1, 0.15) is 27.2 Å². The number of esters is 1. The molecule has 9 heteroatoms. The molecule has 0 atom stereocenters. The predicted molar refractivity (Wildman–Crippen MR) is 90.4 cm³/mol. The van der Waals surface area contributed by atoms with Crippen LogP contribution in [0.3, 0.4) is 0 Å². The van der Waals surface area contributed by atoms with Crippen molar-refractivity contribution in [1.29, 1.82) is 0 Å². The van der Waals surface area contributed by atoms with Crippen molar-refractivity contribution in [3.05, 3.63) is 42.6 Å². The molecule has 7 nitrogen and oxygen atoms in total. The Bertz CT molecular complexity index is 818. The van der Waals surface area contributed by atoms with Crippen LogP contribution in [-0.2, 0) is 27.4 Å². The Balaban J connectivity index is 1.85. The van der Waals surface area contributed by atoms with Gasteiger partial charge in [0.1, 0.15) is 6.54 Å². The van der Waals surface area contributed by atoms with Gasteiger partial charge in [-0.05, 0) is 19.1 Å². The smallest absolute Gasteiger partial charge is 0.326 e. The van der Waals surface area contributed by atoms with Crippen molar-refractivity contribution in [2.75, 3.05) is 6.61 Å². The third kappa shape index (κ3) is 4.87. The molecule has 2 aromatic rings. The summed E-state index contributed by atoms with van der Waals surface area (Å²) in [5.74, 6) is -1.11. The summed E-state index contributed by atoms with van der Waals surface area (Å²) in [7, 11) is 0. The molecule has 0 unspecified atom stereocenters. The van der Waals surface area contributed by atoms with E-state index in [1.807, 2.05) is 0 Å². The van der Waals surface area contributed by atoms with Gasteiger partial charge in [-0.1, -0.05) is 11.3 Å². The first-order valence-electron chi connectivity index (χ1n) is 7.03. The van der Waals surface area contributed by atoms with Crippen molar-refractivity contribution in [3.63, 3.8) is 0 Å². The highest BCUT2D eigenvalue weighted by Crippen LogP contribution is 2.17. The van der Waals surface area contributed by atoms with Crippen molar-refractivity contribution in [1.82, 2.24) is 9.88 Å². The summed E-state index contributed by atoms with van der Waals surface area (Å²) in [6.45, 7) is 2.90. The number of nitrogens with zero attached hydrogens (tertiary/aromatic N) is 1. The Hall–Kier alpha value is -2.26. The zero-order valence-electron chi connectivity index (χ0n) is 13.2. The third-order valence-corrected chi connectivity index (χ3v) is 5.08. The first-order valence-corrected chi connectivity index (χ1v) is 8.73. The molecule has 0 spiro atoms. The summed E-state index contributed by atoms with van der Waals surface area (Å²) in [6.07, 6.45) is 0. The van der Waals surface area contributed by atoms with Crippen molar-refractivity contribution < 1.29 is 19.1 Å². The number of thiazole rings is 1. The van der Waals surface area contributed by atoms with Gasteiger partial charge in [-0.3, -0.25) is 23.7 Å². The molecule has 24 heavy (non-hydrogen) atoms. The first kappa shape index (κ1) is 18.1. The second-order valence-corrected chi connectivity index (χ2v) is 6.98. The SMILES string of the molecule is CC(=O)NCc1ccc(C(=O)COC(=O)Cn2c(C)csc2=O)s1. The minimum Gasteiger partial charge on any atom is -0.456 e. The summed E-state index contributed by atoms with van der Waals surface area (Å²) in [5.41, 5.74) is 0.675. The van der Waals surface area contributed by atoms with Gasteiger partial charge in [0, 0.05) is 22.9 Å². The van der Waals surface area contributed by atoms with Crippen LogP contribution in [0.15, 0.2) is 22.3 Å². The fourth-order valence-corrected chi connectivity index (χ4v) is 3.43. The lowest BCUT2D eigenvalue weighted by Gasteiger charge is -2.05. The van der Waals surface area contributed by atoms with E-state index >= 15 is 0 Å². The highest BCUT2D eigenvalue weighted by Gasteiger charge is 2.14. The van der Waals surface area contributed by atoms with Crippen molar-refractivity contribution in [2.24, 2.45) is 0 Å². The van der Waals surface area contributed by atoms with Crippen LogP contribution >= 0.6 is 22.7 Å². The number of thiophene rings is 1. The van der Waals surface area contributed by atoms with Gasteiger partial charge in [0.25, 0.3) is 0 Å². The van der Waals surface area contributed by atoms with Crippen molar-refractivity contribution in [3.8, 4) is 0 Å². The van der Waals surface area contributed by atoms with Crippen LogP contribution in [0.25, 0.3) is 0 Å². The van der Waals surface area contributed by atoms with Crippen LogP contribution in [0.2, 0.25) is 0 Å². The number of rotatable bonds is 7. The molecule has 0 fully saturated rings. The van der Waals surface area contributed by atoms with E-state index in [1.165, 1.54) is 22.8 Å². The summed E-state index contributed by atoms with van der Waals surface area (Å²) >= 11 is 2.24. The topological polar surface area (TPSA) is 94.5 Å². The molecule has 1 amide bonds. The molecule has 0 saturated carbocycles. The zero-order chi connectivity index (χ0) is 17.7. The number of carbonyl (C=O) groups excluding carboxylic acids is 3. The highest BCUT2D eigenvalue weighted by atomic mass is 32.1. The molecular weight excluding hydrogens is 352 g/mol. The number of ether oxygens (including phenoxy) is 1. The van der Waals surface area contributed by atoms with Gasteiger partial charge in [0.05, 0.1) is 11.4 Å². The lowest BCUT2D eigenvalue weighted by atomic mass is 10.3. The van der Waals surface area contributed by atoms with Crippen LogP contribution < -0.4 is 10.2 Å². The average molecular weight is 368 g/mol. The standard InChI is InChI=1S/C15H16N2O5S2/c1-9-8-23-15(21)17(9)6-14(20)22-7-12(19)13-4-3-11(24-13)5-16-10(2)18/h3-4,8H,5-7H2,1-2H3,(H,16,18). The molecule has 0 radical (unpaired) electrons. The quantitative estimate of drug-likeness (QED) is 0.588. The van der Waals surface area contributed by atoms with Gasteiger partial charge in [0.15, 0.2) is 6.61 Å². The molecular formula is C15H16N2O5S2. The van der Waals surface area contributed by atoms with E-state index < -0.39 is 5.97 Å². The maximum absolute atomic E-state index is 12.0. The van der Waals surface area contributed by atoms with E-state index in [-0.39, 0.29) is 29.7 Å². The summed E-state index contributed by atoms with van der Waals surface area (Å²) < 4.78 is 6.24. The van der Waals surface area contributed by atoms with Gasteiger partial charge < -0.3 is 10.1 Å². The van der Waals surface area contributed by atoms with Gasteiger partial charge in [0.2, 0.25) is 11.7 Å². The minimum absolute atomic E-state index is 0.149. The Kier molecular flexibility index (Phi) is 6.04. The van der Waals surface area contributed by atoms with E-state index in [1.54, 1.807) is 24.4 Å². The Morgan fingerprint density at radius 1 is 1.29 bits per heavy atom. The molecule has 2 aromatic heterocycles. The minimum atomic E-state index is -0.637. The van der Waals surface area contributed by atoms with Gasteiger partial charge in [-0.15, -0.1) is 11.3 Å². The third-order valence-electron chi connectivity index (χ3n) is 3.08. The lowest BCUT2D eigenvalue weighted by molar-refractivity contribution is -0.143. The fraction of sp³-hybridized carbons (Fsp3) is 0.333. The second kappa shape index (κ2) is 8.02. The fourth-order valence-electron chi connectivity index (χ4n) is 1.82. The van der Waals surface area contributed by atoms with E-state index in [0.29, 0.717) is 17.1 Å². The molecule has 0 saturated heterocycles. The number of hydrogen-bond acceptors (Lipinski definition) is 7. The van der Waals surface area contributed by atoms with E-state index in [0.717, 1.165) is 16.2 Å². The average Bonchev–Trinajstić information content (AvgIpc) is 3.13. The van der Waals surface area contributed by atoms with E-state index in [4.69, 9.17) is 4.74 Å². The Morgan fingerprint density at radius 2 is 2.04 bits per heavy atom. The lowest BCUT2D eigenvalue weighted by Crippen LogP contribution is -2.23. The second-order valence-electron chi connectivity index (χ2n) is 4.99. The summed E-state index contributed by atoms with van der Waals surface area (Å²) in [5, 5.41) is 4.30. The molecule has 0 aliphatic heterocycles. The molecule has 0 aliphatic rings. The number of Topliss-reactive ketones (excluding diaryl/α,β-unsaturated/α-hetero) is 1. The maximum atomic E-state index is 12.0. The summed E-state index contributed by atoms with van der Waals surface area (Å²) in [6, 6.07) is 3.37. The monoisotopic (exact) mass is 368 g/mol. The number of amides is 1. The molecule has 2 rings (SSSR count). The number of nitrogens with one attached hydrogen (secondary N) is 1.